The minimum atomic E-state index is -0.656. The van der Waals surface area contributed by atoms with E-state index in [2.05, 4.69) is 10.6 Å². The smallest absolute Gasteiger partial charge is 0.316 e. The fraction of sp³-hybridized carbons (Fsp3) is 0.200. The first-order valence-corrected chi connectivity index (χ1v) is 4.74. The highest BCUT2D eigenvalue weighted by Gasteiger charge is 2.20. The number of benzene rings is 1. The number of amides is 2. The summed E-state index contributed by atoms with van der Waals surface area (Å²) < 4.78 is 0. The zero-order chi connectivity index (χ0) is 13.0. The van der Waals surface area contributed by atoms with Gasteiger partial charge in [-0.2, -0.15) is 0 Å². The lowest BCUT2D eigenvalue weighted by molar-refractivity contribution is -0.383. The first kappa shape index (κ1) is 12.6. The highest BCUT2D eigenvalue weighted by molar-refractivity contribution is 5.97. The highest BCUT2D eigenvalue weighted by atomic mass is 16.6. The molecule has 1 aromatic carbocycles. The van der Waals surface area contributed by atoms with Crippen molar-refractivity contribution in [2.45, 2.75) is 13.8 Å². The lowest BCUT2D eigenvalue weighted by Gasteiger charge is -2.08. The molecule has 2 amide bonds. The van der Waals surface area contributed by atoms with Crippen molar-refractivity contribution in [1.82, 2.24) is 0 Å². The third kappa shape index (κ3) is 3.26. The third-order valence-electron chi connectivity index (χ3n) is 1.84. The molecule has 90 valence electrons. The van der Waals surface area contributed by atoms with Crippen LogP contribution in [0.3, 0.4) is 0 Å². The van der Waals surface area contributed by atoms with Crippen molar-refractivity contribution >= 4 is 28.9 Å². The summed E-state index contributed by atoms with van der Waals surface area (Å²) in [5.74, 6) is -0.846. The Labute approximate surface area is 97.0 Å². The Bertz CT molecular complexity index is 450. The number of rotatable bonds is 3. The molecule has 17 heavy (non-hydrogen) atoms. The summed E-state index contributed by atoms with van der Waals surface area (Å²) in [5.41, 5.74) is -0.236. The SMILES string of the molecule is CC(=O)Nc1cccc(NC(C)=O)c1[N+](=O)[O-]. The van der Waals surface area contributed by atoms with Gasteiger partial charge in [0.25, 0.3) is 0 Å². The summed E-state index contributed by atoms with van der Waals surface area (Å²) >= 11 is 0. The van der Waals surface area contributed by atoms with Crippen molar-refractivity contribution < 1.29 is 14.5 Å². The average molecular weight is 237 g/mol. The number of carbonyl (C=O) groups is 2. The molecule has 0 saturated carbocycles. The van der Waals surface area contributed by atoms with Crippen LogP contribution in [-0.4, -0.2) is 16.7 Å². The van der Waals surface area contributed by atoms with Crippen molar-refractivity contribution in [3.05, 3.63) is 28.3 Å². The zero-order valence-electron chi connectivity index (χ0n) is 9.31. The summed E-state index contributed by atoms with van der Waals surface area (Å²) in [6.45, 7) is 2.49. The standard InChI is InChI=1S/C10H11N3O4/c1-6(14)11-8-4-3-5-9(12-7(2)15)10(8)13(16)17/h3-5H,1-2H3,(H,11,14)(H,12,15). The number of hydrogen-bond donors (Lipinski definition) is 2. The van der Waals surface area contributed by atoms with E-state index in [0.717, 1.165) is 0 Å². The van der Waals surface area contributed by atoms with E-state index in [0.29, 0.717) is 0 Å². The Balaban J connectivity index is 3.26. The van der Waals surface area contributed by atoms with Crippen LogP contribution < -0.4 is 10.6 Å². The minimum absolute atomic E-state index is 0.0498. The molecule has 7 nitrogen and oxygen atoms in total. The quantitative estimate of drug-likeness (QED) is 0.614. The normalized spacial score (nSPS) is 9.53. The number of carbonyl (C=O) groups excluding carboxylic acids is 2. The van der Waals surface area contributed by atoms with Crippen LogP contribution >= 0.6 is 0 Å². The van der Waals surface area contributed by atoms with Crippen molar-refractivity contribution in [1.29, 1.82) is 0 Å². The number of nitro benzene ring substituents is 1. The van der Waals surface area contributed by atoms with Gasteiger partial charge in [-0.3, -0.25) is 19.7 Å². The van der Waals surface area contributed by atoms with Gasteiger partial charge in [0.2, 0.25) is 11.8 Å². The van der Waals surface area contributed by atoms with Crippen LogP contribution in [-0.2, 0) is 9.59 Å². The summed E-state index contributed by atoms with van der Waals surface area (Å²) in [7, 11) is 0. The molecule has 0 bridgehead atoms. The average Bonchev–Trinajstić information content (AvgIpc) is 2.14. The van der Waals surface area contributed by atoms with Gasteiger partial charge in [-0.25, -0.2) is 0 Å². The van der Waals surface area contributed by atoms with E-state index in [-0.39, 0.29) is 17.1 Å². The predicted molar refractivity (Wildman–Crippen MR) is 61.7 cm³/mol. The molecule has 0 atom stereocenters. The van der Waals surface area contributed by atoms with Crippen molar-refractivity contribution in [3.63, 3.8) is 0 Å². The summed E-state index contributed by atoms with van der Waals surface area (Å²) in [6, 6.07) is 4.29. The second-order valence-electron chi connectivity index (χ2n) is 3.32. The maximum absolute atomic E-state index is 10.9. The van der Waals surface area contributed by atoms with Crippen molar-refractivity contribution in [2.75, 3.05) is 10.6 Å². The van der Waals surface area contributed by atoms with Crippen LogP contribution in [0, 0.1) is 10.1 Å². The van der Waals surface area contributed by atoms with Crippen molar-refractivity contribution in [2.24, 2.45) is 0 Å². The number of para-hydroxylation sites is 1. The topological polar surface area (TPSA) is 101 Å². The van der Waals surface area contributed by atoms with E-state index in [1.54, 1.807) is 0 Å². The Morgan fingerprint density at radius 2 is 1.53 bits per heavy atom. The number of nitrogens with one attached hydrogen (secondary N) is 2. The molecule has 1 rings (SSSR count). The van der Waals surface area contributed by atoms with Gasteiger partial charge in [0.15, 0.2) is 0 Å². The zero-order valence-corrected chi connectivity index (χ0v) is 9.31. The molecular weight excluding hydrogens is 226 g/mol. The van der Waals surface area contributed by atoms with Gasteiger partial charge >= 0.3 is 5.69 Å². The second kappa shape index (κ2) is 5.06. The third-order valence-corrected chi connectivity index (χ3v) is 1.84. The Morgan fingerprint density at radius 3 is 1.82 bits per heavy atom. The van der Waals surface area contributed by atoms with Crippen LogP contribution in [0.25, 0.3) is 0 Å². The van der Waals surface area contributed by atoms with E-state index in [1.807, 2.05) is 0 Å². The van der Waals surface area contributed by atoms with Crippen LogP contribution in [0.5, 0.6) is 0 Å². The fourth-order valence-corrected chi connectivity index (χ4v) is 1.32. The van der Waals surface area contributed by atoms with Crippen LogP contribution in [0.2, 0.25) is 0 Å². The van der Waals surface area contributed by atoms with Gasteiger partial charge in [0.05, 0.1) is 4.92 Å². The van der Waals surface area contributed by atoms with Gasteiger partial charge in [-0.1, -0.05) is 6.07 Å². The molecule has 0 heterocycles. The number of anilines is 2. The lowest BCUT2D eigenvalue weighted by atomic mass is 10.2. The molecule has 1 aromatic rings. The lowest BCUT2D eigenvalue weighted by Crippen LogP contribution is -2.12. The summed E-state index contributed by atoms with van der Waals surface area (Å²) in [5, 5.41) is 15.6. The fourth-order valence-electron chi connectivity index (χ4n) is 1.32. The van der Waals surface area contributed by atoms with E-state index >= 15 is 0 Å². The molecule has 0 aromatic heterocycles. The van der Waals surface area contributed by atoms with Gasteiger partial charge in [0.1, 0.15) is 11.4 Å². The molecule has 0 unspecified atom stereocenters. The molecule has 0 aliphatic heterocycles. The maximum atomic E-state index is 10.9. The highest BCUT2D eigenvalue weighted by Crippen LogP contribution is 2.32. The van der Waals surface area contributed by atoms with Gasteiger partial charge in [-0.15, -0.1) is 0 Å². The number of hydrogen-bond acceptors (Lipinski definition) is 4. The molecule has 0 aliphatic carbocycles. The second-order valence-corrected chi connectivity index (χ2v) is 3.32. The minimum Gasteiger partial charge on any atom is -0.321 e. The largest absolute Gasteiger partial charge is 0.321 e. The van der Waals surface area contributed by atoms with E-state index in [9.17, 15) is 19.7 Å². The molecule has 7 heteroatoms. The first-order valence-electron chi connectivity index (χ1n) is 4.74. The van der Waals surface area contributed by atoms with Gasteiger partial charge in [-0.05, 0) is 12.1 Å². The van der Waals surface area contributed by atoms with E-state index < -0.39 is 16.7 Å². The van der Waals surface area contributed by atoms with Crippen LogP contribution in [0.15, 0.2) is 18.2 Å². The Kier molecular flexibility index (Phi) is 3.76. The molecule has 0 fully saturated rings. The Morgan fingerprint density at radius 1 is 1.12 bits per heavy atom. The summed E-state index contributed by atoms with van der Waals surface area (Å²) in [6.07, 6.45) is 0. The van der Waals surface area contributed by atoms with Crippen LogP contribution in [0.1, 0.15) is 13.8 Å². The Hall–Kier alpha value is -2.44. The molecule has 0 saturated heterocycles. The summed E-state index contributed by atoms with van der Waals surface area (Å²) in [4.78, 5) is 32.1. The van der Waals surface area contributed by atoms with E-state index in [4.69, 9.17) is 0 Å². The van der Waals surface area contributed by atoms with E-state index in [1.165, 1.54) is 32.0 Å². The molecule has 2 N–H and O–H groups in total. The van der Waals surface area contributed by atoms with Crippen molar-refractivity contribution in [3.8, 4) is 0 Å². The van der Waals surface area contributed by atoms with Gasteiger partial charge in [0, 0.05) is 13.8 Å². The molecule has 0 spiro atoms. The maximum Gasteiger partial charge on any atom is 0.316 e. The molecule has 0 aliphatic rings. The van der Waals surface area contributed by atoms with Gasteiger partial charge < -0.3 is 10.6 Å². The number of nitro groups is 1. The first-order chi connectivity index (χ1) is 7.91. The molecular formula is C10H11N3O4. The van der Waals surface area contributed by atoms with Crippen LogP contribution in [0.4, 0.5) is 17.1 Å². The predicted octanol–water partition coefficient (Wildman–Crippen LogP) is 1.51. The number of nitrogens with zero attached hydrogens (tertiary/aromatic N) is 1. The monoisotopic (exact) mass is 237 g/mol. The molecule has 0 radical (unpaired) electrons.